The van der Waals surface area contributed by atoms with Crippen LogP contribution in [0.2, 0.25) is 5.28 Å². The normalized spacial score (nSPS) is 11.5. The summed E-state index contributed by atoms with van der Waals surface area (Å²) in [5.41, 5.74) is 2.10. The molecule has 0 saturated heterocycles. The van der Waals surface area contributed by atoms with Crippen molar-refractivity contribution in [3.63, 3.8) is 0 Å². The van der Waals surface area contributed by atoms with Gasteiger partial charge in [0.2, 0.25) is 5.28 Å². The van der Waals surface area contributed by atoms with Crippen LogP contribution in [0.25, 0.3) is 11.0 Å². The summed E-state index contributed by atoms with van der Waals surface area (Å²) in [7, 11) is 0. The molecule has 0 aliphatic carbocycles. The van der Waals surface area contributed by atoms with E-state index in [-0.39, 0.29) is 0 Å². The Hall–Kier alpha value is -1.09. The van der Waals surface area contributed by atoms with Crippen LogP contribution in [0.1, 0.15) is 25.5 Å². The molecular weight excluding hydrogens is 198 g/mol. The fourth-order valence-corrected chi connectivity index (χ4v) is 1.69. The number of hydrogen-bond acceptors (Lipinski definition) is 2. The summed E-state index contributed by atoms with van der Waals surface area (Å²) < 4.78 is 2.11. The molecule has 4 heteroatoms. The van der Waals surface area contributed by atoms with Crippen molar-refractivity contribution in [3.8, 4) is 0 Å². The molecule has 0 amide bonds. The zero-order valence-corrected chi connectivity index (χ0v) is 9.21. The molecule has 0 aliphatic heterocycles. The Labute approximate surface area is 87.7 Å². The SMILES string of the molecule is Cc1cn(C(C)C)c2nc(Cl)ncc12. The lowest BCUT2D eigenvalue weighted by atomic mass is 10.3. The number of halogens is 1. The van der Waals surface area contributed by atoms with Crippen LogP contribution >= 0.6 is 11.6 Å². The van der Waals surface area contributed by atoms with Crippen LogP contribution in [-0.4, -0.2) is 14.5 Å². The van der Waals surface area contributed by atoms with Crippen molar-refractivity contribution in [1.82, 2.24) is 14.5 Å². The molecule has 0 N–H and O–H groups in total. The molecular formula is C10H12ClN3. The van der Waals surface area contributed by atoms with Crippen LogP contribution in [0.5, 0.6) is 0 Å². The van der Waals surface area contributed by atoms with Gasteiger partial charge in [-0.1, -0.05) is 0 Å². The largest absolute Gasteiger partial charge is 0.330 e. The minimum Gasteiger partial charge on any atom is -0.330 e. The van der Waals surface area contributed by atoms with E-state index in [9.17, 15) is 0 Å². The van der Waals surface area contributed by atoms with Gasteiger partial charge in [-0.05, 0) is 37.9 Å². The number of nitrogens with zero attached hydrogens (tertiary/aromatic N) is 3. The minimum atomic E-state index is 0.303. The Morgan fingerprint density at radius 1 is 1.43 bits per heavy atom. The first-order valence-corrected chi connectivity index (χ1v) is 4.97. The van der Waals surface area contributed by atoms with Gasteiger partial charge in [0.05, 0.1) is 0 Å². The molecule has 0 aliphatic rings. The maximum atomic E-state index is 5.77. The zero-order valence-electron chi connectivity index (χ0n) is 8.45. The van der Waals surface area contributed by atoms with Crippen LogP contribution in [0, 0.1) is 6.92 Å². The Morgan fingerprint density at radius 2 is 2.14 bits per heavy atom. The summed E-state index contributed by atoms with van der Waals surface area (Å²) in [6.45, 7) is 6.29. The van der Waals surface area contributed by atoms with E-state index in [2.05, 4.69) is 41.5 Å². The van der Waals surface area contributed by atoms with Crippen molar-refractivity contribution < 1.29 is 0 Å². The van der Waals surface area contributed by atoms with E-state index < -0.39 is 0 Å². The summed E-state index contributed by atoms with van der Waals surface area (Å²) in [6.07, 6.45) is 3.86. The van der Waals surface area contributed by atoms with E-state index in [1.807, 2.05) is 0 Å². The third-order valence-electron chi connectivity index (χ3n) is 2.30. The number of rotatable bonds is 1. The summed E-state index contributed by atoms with van der Waals surface area (Å²) >= 11 is 5.77. The van der Waals surface area contributed by atoms with Gasteiger partial charge in [-0.25, -0.2) is 4.98 Å². The number of fused-ring (bicyclic) bond motifs is 1. The first-order chi connectivity index (χ1) is 6.59. The molecule has 0 saturated carbocycles. The van der Waals surface area contributed by atoms with E-state index in [0.29, 0.717) is 11.3 Å². The summed E-state index contributed by atoms with van der Waals surface area (Å²) in [5, 5.41) is 1.38. The highest BCUT2D eigenvalue weighted by Crippen LogP contribution is 2.22. The molecule has 2 aromatic rings. The fraction of sp³-hybridized carbons (Fsp3) is 0.400. The monoisotopic (exact) mass is 209 g/mol. The lowest BCUT2D eigenvalue weighted by Gasteiger charge is -2.07. The molecule has 0 spiro atoms. The van der Waals surface area contributed by atoms with Crippen LogP contribution in [0.4, 0.5) is 0 Å². The fourth-order valence-electron chi connectivity index (χ4n) is 1.56. The quantitative estimate of drug-likeness (QED) is 0.676. The van der Waals surface area contributed by atoms with Crippen LogP contribution in [-0.2, 0) is 0 Å². The Balaban J connectivity index is 2.79. The molecule has 0 bridgehead atoms. The molecule has 0 atom stereocenters. The molecule has 0 radical (unpaired) electrons. The van der Waals surface area contributed by atoms with Gasteiger partial charge in [0.1, 0.15) is 5.65 Å². The van der Waals surface area contributed by atoms with Crippen molar-refractivity contribution in [2.45, 2.75) is 26.8 Å². The van der Waals surface area contributed by atoms with Gasteiger partial charge < -0.3 is 4.57 Å². The van der Waals surface area contributed by atoms with Gasteiger partial charge in [0.25, 0.3) is 0 Å². The molecule has 3 nitrogen and oxygen atoms in total. The Bertz CT molecular complexity index is 473. The van der Waals surface area contributed by atoms with Gasteiger partial charge in [-0.3, -0.25) is 0 Å². The number of aryl methyl sites for hydroxylation is 1. The number of aromatic nitrogens is 3. The molecule has 0 aromatic carbocycles. The van der Waals surface area contributed by atoms with E-state index >= 15 is 0 Å². The van der Waals surface area contributed by atoms with E-state index in [4.69, 9.17) is 11.6 Å². The highest BCUT2D eigenvalue weighted by atomic mass is 35.5. The topological polar surface area (TPSA) is 30.7 Å². The first-order valence-electron chi connectivity index (χ1n) is 4.59. The van der Waals surface area contributed by atoms with Gasteiger partial charge in [-0.15, -0.1) is 0 Å². The van der Waals surface area contributed by atoms with Crippen molar-refractivity contribution >= 4 is 22.6 Å². The van der Waals surface area contributed by atoms with E-state index in [0.717, 1.165) is 11.0 Å². The van der Waals surface area contributed by atoms with Crippen molar-refractivity contribution in [1.29, 1.82) is 0 Å². The van der Waals surface area contributed by atoms with E-state index in [1.54, 1.807) is 6.20 Å². The molecule has 14 heavy (non-hydrogen) atoms. The average molecular weight is 210 g/mol. The molecule has 0 unspecified atom stereocenters. The Morgan fingerprint density at radius 3 is 2.79 bits per heavy atom. The maximum Gasteiger partial charge on any atom is 0.224 e. The van der Waals surface area contributed by atoms with Gasteiger partial charge in [0.15, 0.2) is 0 Å². The summed E-state index contributed by atoms with van der Waals surface area (Å²) in [5.74, 6) is 0. The third kappa shape index (κ3) is 1.38. The summed E-state index contributed by atoms with van der Waals surface area (Å²) in [4.78, 5) is 8.22. The standard InChI is InChI=1S/C10H12ClN3/c1-6(2)14-5-7(3)8-4-12-10(11)13-9(8)14/h4-6H,1-3H3. The molecule has 2 heterocycles. The maximum absolute atomic E-state index is 5.77. The number of hydrogen-bond donors (Lipinski definition) is 0. The van der Waals surface area contributed by atoms with Crippen molar-refractivity contribution in [2.75, 3.05) is 0 Å². The minimum absolute atomic E-state index is 0.303. The molecule has 0 fully saturated rings. The second-order valence-electron chi connectivity index (χ2n) is 3.69. The lowest BCUT2D eigenvalue weighted by molar-refractivity contribution is 0.616. The van der Waals surface area contributed by atoms with Gasteiger partial charge in [0, 0.05) is 23.8 Å². The van der Waals surface area contributed by atoms with Gasteiger partial charge in [-0.2, -0.15) is 4.98 Å². The summed E-state index contributed by atoms with van der Waals surface area (Å²) in [6, 6.07) is 0.386. The Kier molecular flexibility index (Phi) is 2.19. The predicted octanol–water partition coefficient (Wildman–Crippen LogP) is 2.97. The van der Waals surface area contributed by atoms with Crippen molar-refractivity contribution in [2.24, 2.45) is 0 Å². The van der Waals surface area contributed by atoms with Gasteiger partial charge >= 0.3 is 0 Å². The molecule has 2 rings (SSSR count). The van der Waals surface area contributed by atoms with Crippen LogP contribution < -0.4 is 0 Å². The third-order valence-corrected chi connectivity index (χ3v) is 2.48. The zero-order chi connectivity index (χ0) is 10.3. The highest BCUT2D eigenvalue weighted by molar-refractivity contribution is 6.28. The highest BCUT2D eigenvalue weighted by Gasteiger charge is 2.09. The molecule has 74 valence electrons. The lowest BCUT2D eigenvalue weighted by Crippen LogP contribution is -1.99. The average Bonchev–Trinajstić information content (AvgIpc) is 2.43. The predicted molar refractivity (Wildman–Crippen MR) is 57.7 cm³/mol. The van der Waals surface area contributed by atoms with Crippen molar-refractivity contribution in [3.05, 3.63) is 23.2 Å². The van der Waals surface area contributed by atoms with Crippen LogP contribution in [0.15, 0.2) is 12.4 Å². The smallest absolute Gasteiger partial charge is 0.224 e. The second-order valence-corrected chi connectivity index (χ2v) is 4.03. The second kappa shape index (κ2) is 3.24. The first kappa shape index (κ1) is 9.46. The van der Waals surface area contributed by atoms with Crippen LogP contribution in [0.3, 0.4) is 0 Å². The molecule has 2 aromatic heterocycles. The van der Waals surface area contributed by atoms with E-state index in [1.165, 1.54) is 5.56 Å².